The fourth-order valence-corrected chi connectivity index (χ4v) is 1.19. The van der Waals surface area contributed by atoms with Gasteiger partial charge in [-0.05, 0) is 6.07 Å². The molecule has 0 radical (unpaired) electrons. The second-order valence-corrected chi connectivity index (χ2v) is 2.49. The highest BCUT2D eigenvalue weighted by molar-refractivity contribution is 5.79. The first kappa shape index (κ1) is 6.15. The Morgan fingerprint density at radius 1 is 1.36 bits per heavy atom. The molecular weight excluding hydrogens is 144 g/mol. The van der Waals surface area contributed by atoms with E-state index in [9.17, 15) is 5.11 Å². The van der Waals surface area contributed by atoms with E-state index >= 15 is 0 Å². The van der Waals surface area contributed by atoms with Crippen LogP contribution in [0.1, 0.15) is 0 Å². The van der Waals surface area contributed by atoms with Gasteiger partial charge in [-0.15, -0.1) is 0 Å². The Morgan fingerprint density at radius 2 is 2.09 bits per heavy atom. The average molecular weight is 152 g/mol. The van der Waals surface area contributed by atoms with E-state index in [4.69, 9.17) is 5.21 Å². The second-order valence-electron chi connectivity index (χ2n) is 2.49. The van der Waals surface area contributed by atoms with Gasteiger partial charge >= 0.3 is 0 Å². The predicted molar refractivity (Wildman–Crippen MR) is 39.8 cm³/mol. The first-order valence-corrected chi connectivity index (χ1v) is 3.25. The van der Waals surface area contributed by atoms with E-state index in [0.717, 1.165) is 10.2 Å². The van der Waals surface area contributed by atoms with Crippen LogP contribution in [0, 0.1) is 0 Å². The number of aromatic hydroxyl groups is 1. The first-order valence-electron chi connectivity index (χ1n) is 3.25. The topological polar surface area (TPSA) is 50.3 Å². The molecule has 2 aromatic heterocycles. The highest BCUT2D eigenvalue weighted by Gasteiger charge is 2.06. The first-order chi connectivity index (χ1) is 5.20. The van der Waals surface area contributed by atoms with Crippen LogP contribution >= 0.6 is 0 Å². The van der Waals surface area contributed by atoms with Gasteiger partial charge in [0, 0.05) is 19.3 Å². The molecule has 2 rings (SSSR count). The van der Waals surface area contributed by atoms with Crippen molar-refractivity contribution in [3.05, 3.63) is 18.3 Å². The molecule has 0 atom stereocenters. The summed E-state index contributed by atoms with van der Waals surface area (Å²) >= 11 is 0. The molecule has 11 heavy (non-hydrogen) atoms. The number of rotatable bonds is 0. The van der Waals surface area contributed by atoms with Gasteiger partial charge in [-0.25, -0.2) is 0 Å². The second kappa shape index (κ2) is 1.72. The Balaban J connectivity index is 2.93. The summed E-state index contributed by atoms with van der Waals surface area (Å²) in [4.78, 5) is 0. The summed E-state index contributed by atoms with van der Waals surface area (Å²) < 4.78 is 2.58. The molecule has 0 fully saturated rings. The van der Waals surface area contributed by atoms with Crippen LogP contribution in [-0.2, 0) is 7.05 Å². The molecule has 4 heteroatoms. The molecule has 2 N–H and O–H groups in total. The molecule has 0 unspecified atom stereocenters. The molecule has 2 heterocycles. The zero-order valence-electron chi connectivity index (χ0n) is 6.02. The van der Waals surface area contributed by atoms with Crippen LogP contribution in [0.5, 0.6) is 5.88 Å². The molecule has 58 valence electrons. The van der Waals surface area contributed by atoms with Gasteiger partial charge in [0.05, 0.1) is 5.52 Å². The number of fused-ring (bicyclic) bond motifs is 1. The lowest BCUT2D eigenvalue weighted by molar-refractivity contribution is 0.200. The van der Waals surface area contributed by atoms with Crippen molar-refractivity contribution in [2.45, 2.75) is 0 Å². The summed E-state index contributed by atoms with van der Waals surface area (Å²) in [6, 6.07) is 3.24. The van der Waals surface area contributed by atoms with E-state index in [-0.39, 0.29) is 5.88 Å². The average Bonchev–Trinajstić information content (AvgIpc) is 2.43. The van der Waals surface area contributed by atoms with Crippen molar-refractivity contribution in [2.75, 3.05) is 0 Å². The van der Waals surface area contributed by atoms with E-state index in [1.807, 2.05) is 0 Å². The van der Waals surface area contributed by atoms with Crippen molar-refractivity contribution >= 4 is 11.0 Å². The largest absolute Gasteiger partial charge is 0.494 e. The maximum absolute atomic E-state index is 9.20. The fourth-order valence-electron chi connectivity index (χ4n) is 1.19. The molecule has 0 spiro atoms. The van der Waals surface area contributed by atoms with Crippen molar-refractivity contribution in [3.63, 3.8) is 0 Å². The third-order valence-corrected chi connectivity index (χ3v) is 1.85. The molecule has 0 saturated heterocycles. The van der Waals surface area contributed by atoms with E-state index in [2.05, 4.69) is 0 Å². The van der Waals surface area contributed by atoms with E-state index in [0.29, 0.717) is 5.52 Å². The molecule has 0 aliphatic rings. The van der Waals surface area contributed by atoms with Crippen LogP contribution in [0.2, 0.25) is 0 Å². The SMILES string of the molecule is Cn1c(O)cc2c1ccn2O. The Labute approximate surface area is 62.9 Å². The van der Waals surface area contributed by atoms with Gasteiger partial charge in [0.15, 0.2) is 5.88 Å². The molecule has 4 nitrogen and oxygen atoms in total. The quantitative estimate of drug-likeness (QED) is 0.551. The molecule has 0 aromatic carbocycles. The summed E-state index contributed by atoms with van der Waals surface area (Å²) in [5.74, 6) is 0.151. The lowest BCUT2D eigenvalue weighted by atomic mass is 10.5. The van der Waals surface area contributed by atoms with E-state index in [1.54, 1.807) is 17.7 Å². The van der Waals surface area contributed by atoms with Crippen molar-refractivity contribution in [3.8, 4) is 5.88 Å². The van der Waals surface area contributed by atoms with Gasteiger partial charge in [0.25, 0.3) is 0 Å². The predicted octanol–water partition coefficient (Wildman–Crippen LogP) is 0.923. The van der Waals surface area contributed by atoms with Crippen molar-refractivity contribution in [1.82, 2.24) is 9.30 Å². The standard InChI is InChI=1S/C7H8N2O2/c1-8-5-2-3-9(11)6(5)4-7(8)10/h2-4,10-11H,1H3. The zero-order chi connectivity index (χ0) is 8.01. The molecular formula is C7H8N2O2. The number of nitrogens with zero attached hydrogens (tertiary/aromatic N) is 2. The number of hydrogen-bond donors (Lipinski definition) is 2. The van der Waals surface area contributed by atoms with Crippen molar-refractivity contribution < 1.29 is 10.3 Å². The summed E-state index contributed by atoms with van der Waals surface area (Å²) in [5, 5.41) is 18.3. The lowest BCUT2D eigenvalue weighted by Gasteiger charge is -1.91. The maximum Gasteiger partial charge on any atom is 0.193 e. The van der Waals surface area contributed by atoms with Gasteiger partial charge in [-0.3, -0.25) is 0 Å². The monoisotopic (exact) mass is 152 g/mol. The number of aryl methyl sites for hydroxylation is 1. The van der Waals surface area contributed by atoms with Crippen LogP contribution in [0.25, 0.3) is 11.0 Å². The Kier molecular flexibility index (Phi) is 0.961. The molecule has 0 amide bonds. The molecule has 0 aliphatic carbocycles. The Morgan fingerprint density at radius 3 is 2.73 bits per heavy atom. The normalized spacial score (nSPS) is 11.0. The smallest absolute Gasteiger partial charge is 0.193 e. The van der Waals surface area contributed by atoms with Crippen LogP contribution in [0.4, 0.5) is 0 Å². The Hall–Kier alpha value is -1.58. The van der Waals surface area contributed by atoms with Gasteiger partial charge < -0.3 is 14.9 Å². The third kappa shape index (κ3) is 0.633. The van der Waals surface area contributed by atoms with Crippen LogP contribution in [-0.4, -0.2) is 19.6 Å². The Bertz CT molecular complexity index is 400. The summed E-state index contributed by atoms with van der Waals surface area (Å²) in [7, 11) is 1.73. The van der Waals surface area contributed by atoms with Gasteiger partial charge in [0.2, 0.25) is 0 Å². The molecule has 0 bridgehead atoms. The van der Waals surface area contributed by atoms with Crippen molar-refractivity contribution in [1.29, 1.82) is 0 Å². The minimum Gasteiger partial charge on any atom is -0.494 e. The maximum atomic E-state index is 9.20. The van der Waals surface area contributed by atoms with E-state index < -0.39 is 0 Å². The highest BCUT2D eigenvalue weighted by Crippen LogP contribution is 2.22. The molecule has 2 aromatic rings. The van der Waals surface area contributed by atoms with E-state index in [1.165, 1.54) is 12.3 Å². The molecule has 0 aliphatic heterocycles. The molecule has 0 saturated carbocycles. The van der Waals surface area contributed by atoms with Crippen LogP contribution < -0.4 is 0 Å². The minimum absolute atomic E-state index is 0.151. The minimum atomic E-state index is 0.151. The lowest BCUT2D eigenvalue weighted by Crippen LogP contribution is -1.83. The van der Waals surface area contributed by atoms with Crippen LogP contribution in [0.3, 0.4) is 0 Å². The zero-order valence-corrected chi connectivity index (χ0v) is 6.02. The number of aromatic nitrogens is 2. The fraction of sp³-hybridized carbons (Fsp3) is 0.143. The van der Waals surface area contributed by atoms with Crippen LogP contribution in [0.15, 0.2) is 18.3 Å². The summed E-state index contributed by atoms with van der Waals surface area (Å²) in [6.45, 7) is 0. The van der Waals surface area contributed by atoms with Gasteiger partial charge in [0.1, 0.15) is 5.52 Å². The number of hydrogen-bond acceptors (Lipinski definition) is 2. The third-order valence-electron chi connectivity index (χ3n) is 1.85. The van der Waals surface area contributed by atoms with Gasteiger partial charge in [-0.1, -0.05) is 0 Å². The summed E-state index contributed by atoms with van der Waals surface area (Å²) in [6.07, 6.45) is 1.53. The summed E-state index contributed by atoms with van der Waals surface area (Å²) in [5.41, 5.74) is 1.43. The van der Waals surface area contributed by atoms with Crippen molar-refractivity contribution in [2.24, 2.45) is 7.05 Å². The highest BCUT2D eigenvalue weighted by atomic mass is 16.5. The van der Waals surface area contributed by atoms with Gasteiger partial charge in [-0.2, -0.15) is 4.73 Å².